The number of hydrogen-bond acceptors (Lipinski definition) is 1. The molecule has 3 atom stereocenters. The summed E-state index contributed by atoms with van der Waals surface area (Å²) in [5.74, 6) is 0.566. The summed E-state index contributed by atoms with van der Waals surface area (Å²) in [6, 6.07) is 0. The molecule has 1 heteroatoms. The summed E-state index contributed by atoms with van der Waals surface area (Å²) in [6.45, 7) is 9.50. The van der Waals surface area contributed by atoms with Gasteiger partial charge in [-0.15, -0.1) is 0 Å². The first kappa shape index (κ1) is 10.8. The molecule has 0 spiro atoms. The van der Waals surface area contributed by atoms with Crippen molar-refractivity contribution < 1.29 is 4.79 Å². The molecule has 3 fully saturated rings. The van der Waals surface area contributed by atoms with Crippen LogP contribution in [0.15, 0.2) is 0 Å². The van der Waals surface area contributed by atoms with Gasteiger partial charge in [-0.25, -0.2) is 0 Å². The summed E-state index contributed by atoms with van der Waals surface area (Å²) >= 11 is 0. The lowest BCUT2D eigenvalue weighted by molar-refractivity contribution is -0.128. The van der Waals surface area contributed by atoms with E-state index in [1.807, 2.05) is 0 Å². The molecule has 3 saturated carbocycles. The molecule has 2 bridgehead atoms. The lowest BCUT2D eigenvalue weighted by Crippen LogP contribution is -2.49. The molecule has 0 amide bonds. The molecule has 0 aromatic carbocycles. The van der Waals surface area contributed by atoms with Gasteiger partial charge < -0.3 is 0 Å². The number of Topliss-reactive ketones (excluding diaryl/α,β-unsaturated/α-hetero) is 1. The fraction of sp³-hybridized carbons (Fsp3) is 0.933. The smallest absolute Gasteiger partial charge is 0.139 e. The summed E-state index contributed by atoms with van der Waals surface area (Å²) in [5, 5.41) is 0. The van der Waals surface area contributed by atoms with Crippen molar-refractivity contribution in [3.63, 3.8) is 0 Å². The van der Waals surface area contributed by atoms with Gasteiger partial charge in [-0.1, -0.05) is 34.1 Å². The Kier molecular flexibility index (Phi) is 1.73. The van der Waals surface area contributed by atoms with E-state index in [-0.39, 0.29) is 5.41 Å². The van der Waals surface area contributed by atoms with Gasteiger partial charge in [0, 0.05) is 11.8 Å². The highest BCUT2D eigenvalue weighted by molar-refractivity contribution is 5.90. The van der Waals surface area contributed by atoms with Crippen LogP contribution < -0.4 is 0 Å². The number of hydrogen-bond donors (Lipinski definition) is 0. The van der Waals surface area contributed by atoms with E-state index in [1.54, 1.807) is 0 Å². The highest BCUT2D eigenvalue weighted by Gasteiger charge is 2.75. The summed E-state index contributed by atoms with van der Waals surface area (Å²) in [5.41, 5.74) is 0.984. The van der Waals surface area contributed by atoms with Crippen LogP contribution in [0.3, 0.4) is 0 Å². The molecule has 0 aliphatic heterocycles. The van der Waals surface area contributed by atoms with Gasteiger partial charge in [-0.2, -0.15) is 0 Å². The van der Waals surface area contributed by atoms with E-state index in [0.717, 1.165) is 12.8 Å². The van der Waals surface area contributed by atoms with E-state index in [2.05, 4.69) is 27.7 Å². The predicted octanol–water partition coefficient (Wildman–Crippen LogP) is 3.96. The van der Waals surface area contributed by atoms with E-state index in [1.165, 1.54) is 25.7 Å². The molecule has 1 nitrogen and oxygen atoms in total. The van der Waals surface area contributed by atoms with E-state index in [4.69, 9.17) is 0 Å². The summed E-state index contributed by atoms with van der Waals surface area (Å²) in [7, 11) is 0. The molecule has 0 saturated heterocycles. The van der Waals surface area contributed by atoms with Crippen molar-refractivity contribution in [2.24, 2.45) is 21.7 Å². The van der Waals surface area contributed by atoms with Crippen LogP contribution in [0.5, 0.6) is 0 Å². The average molecular weight is 220 g/mol. The van der Waals surface area contributed by atoms with Crippen molar-refractivity contribution in [1.82, 2.24) is 0 Å². The summed E-state index contributed by atoms with van der Waals surface area (Å²) < 4.78 is 0. The zero-order chi connectivity index (χ0) is 11.8. The first-order chi connectivity index (χ1) is 7.29. The van der Waals surface area contributed by atoms with E-state index < -0.39 is 0 Å². The predicted molar refractivity (Wildman–Crippen MR) is 65.1 cm³/mol. The van der Waals surface area contributed by atoms with Crippen molar-refractivity contribution in [1.29, 1.82) is 0 Å². The van der Waals surface area contributed by atoms with Crippen LogP contribution in [-0.2, 0) is 4.79 Å². The Morgan fingerprint density at radius 3 is 2.19 bits per heavy atom. The van der Waals surface area contributed by atoms with Crippen molar-refractivity contribution in [3.05, 3.63) is 0 Å². The maximum atomic E-state index is 12.4. The molecule has 3 aliphatic carbocycles. The van der Waals surface area contributed by atoms with Gasteiger partial charge in [0.15, 0.2) is 0 Å². The van der Waals surface area contributed by atoms with E-state index in [0.29, 0.717) is 22.0 Å². The van der Waals surface area contributed by atoms with Crippen LogP contribution in [0.25, 0.3) is 0 Å². The van der Waals surface area contributed by atoms with Gasteiger partial charge in [0.1, 0.15) is 5.78 Å². The number of carbonyl (C=O) groups excluding carboxylic acids is 1. The molecule has 3 aliphatic rings. The van der Waals surface area contributed by atoms with Gasteiger partial charge >= 0.3 is 0 Å². The zero-order valence-electron chi connectivity index (χ0n) is 11.2. The van der Waals surface area contributed by atoms with Gasteiger partial charge in [-0.3, -0.25) is 4.79 Å². The minimum atomic E-state index is 0.00465. The topological polar surface area (TPSA) is 17.1 Å². The molecule has 0 N–H and O–H groups in total. The van der Waals surface area contributed by atoms with Crippen molar-refractivity contribution >= 4 is 5.78 Å². The molecular formula is C15H24O. The minimum absolute atomic E-state index is 0.00465. The van der Waals surface area contributed by atoms with E-state index in [9.17, 15) is 4.79 Å². The molecule has 3 unspecified atom stereocenters. The molecule has 0 aromatic rings. The Hall–Kier alpha value is -0.330. The zero-order valence-corrected chi connectivity index (χ0v) is 11.2. The Bertz CT molecular complexity index is 370. The van der Waals surface area contributed by atoms with Crippen LogP contribution in [0.1, 0.15) is 66.2 Å². The fourth-order valence-electron chi connectivity index (χ4n) is 5.71. The Balaban J connectivity index is 2.22. The second kappa shape index (κ2) is 2.57. The Morgan fingerprint density at radius 1 is 0.938 bits per heavy atom. The maximum Gasteiger partial charge on any atom is 0.139 e. The quantitative estimate of drug-likeness (QED) is 0.604. The van der Waals surface area contributed by atoms with Gasteiger partial charge in [0.25, 0.3) is 0 Å². The van der Waals surface area contributed by atoms with Gasteiger partial charge in [0.2, 0.25) is 0 Å². The highest BCUT2D eigenvalue weighted by atomic mass is 16.1. The average Bonchev–Trinajstić information content (AvgIpc) is 2.50. The van der Waals surface area contributed by atoms with Crippen LogP contribution in [0.4, 0.5) is 0 Å². The van der Waals surface area contributed by atoms with Crippen LogP contribution in [-0.4, -0.2) is 5.78 Å². The second-order valence-corrected chi connectivity index (χ2v) is 7.58. The molecule has 90 valence electrons. The second-order valence-electron chi connectivity index (χ2n) is 7.58. The molecule has 0 heterocycles. The van der Waals surface area contributed by atoms with Crippen LogP contribution in [0.2, 0.25) is 0 Å². The Labute approximate surface area is 99.0 Å². The molecule has 0 aromatic heterocycles. The monoisotopic (exact) mass is 220 g/mol. The van der Waals surface area contributed by atoms with Crippen LogP contribution in [0, 0.1) is 21.7 Å². The third-order valence-electron chi connectivity index (χ3n) is 7.18. The van der Waals surface area contributed by atoms with Crippen molar-refractivity contribution in [2.45, 2.75) is 66.2 Å². The van der Waals surface area contributed by atoms with Gasteiger partial charge in [-0.05, 0) is 41.9 Å². The van der Waals surface area contributed by atoms with Crippen LogP contribution >= 0.6 is 0 Å². The standard InChI is InChI=1S/C15H24O/c1-12(2)6-5-7-14(4)13(3)8-9-15(12,14)10-11(13)16/h5-10H2,1-4H3. The number of ketones is 1. The number of rotatable bonds is 0. The highest BCUT2D eigenvalue weighted by Crippen LogP contribution is 2.79. The third kappa shape index (κ3) is 0.791. The van der Waals surface area contributed by atoms with Crippen molar-refractivity contribution in [2.75, 3.05) is 0 Å². The fourth-order valence-corrected chi connectivity index (χ4v) is 5.71. The summed E-state index contributed by atoms with van der Waals surface area (Å²) in [6.07, 6.45) is 7.20. The normalized spacial score (nSPS) is 54.1. The lowest BCUT2D eigenvalue weighted by atomic mass is 9.47. The molecular weight excluding hydrogens is 196 g/mol. The molecule has 16 heavy (non-hydrogen) atoms. The maximum absolute atomic E-state index is 12.4. The SMILES string of the molecule is CC1(C)CCCC2(C)C3(C)CCC12CC3=O. The van der Waals surface area contributed by atoms with Crippen molar-refractivity contribution in [3.8, 4) is 0 Å². The Morgan fingerprint density at radius 2 is 1.62 bits per heavy atom. The first-order valence-corrected chi connectivity index (χ1v) is 6.83. The molecule has 0 radical (unpaired) electrons. The van der Waals surface area contributed by atoms with Gasteiger partial charge in [0.05, 0.1) is 0 Å². The number of carbonyl (C=O) groups is 1. The largest absolute Gasteiger partial charge is 0.299 e. The minimum Gasteiger partial charge on any atom is -0.299 e. The molecule has 3 rings (SSSR count). The lowest BCUT2D eigenvalue weighted by Gasteiger charge is -2.56. The third-order valence-corrected chi connectivity index (χ3v) is 7.18. The van der Waals surface area contributed by atoms with E-state index >= 15 is 0 Å². The first-order valence-electron chi connectivity index (χ1n) is 6.83. The summed E-state index contributed by atoms with van der Waals surface area (Å²) in [4.78, 5) is 12.4.